The van der Waals surface area contributed by atoms with E-state index < -0.39 is 41.8 Å². The minimum Gasteiger partial charge on any atom is -0.480 e. The number of aromatic nitrogens is 2. The summed E-state index contributed by atoms with van der Waals surface area (Å²) >= 11 is 1.48. The van der Waals surface area contributed by atoms with Crippen molar-refractivity contribution in [1.29, 1.82) is 0 Å². The molecule has 11 nitrogen and oxygen atoms in total. The van der Waals surface area contributed by atoms with Crippen molar-refractivity contribution in [3.63, 3.8) is 0 Å². The van der Waals surface area contributed by atoms with E-state index in [1.165, 1.54) is 24.3 Å². The standard InChI is InChI=1S/C22H30N6O5S/c1-34-8-7-16(20(30)28-18(22(32)33)10-15-12-24-13-25-15)27-21(31)17(26-19(29)11-23)9-14-5-3-2-4-6-14/h2-6,12-13,16-18H,7-11,23H2,1H3,(H,24,25)(H,26,29)(H,27,31)(H,28,30)(H,32,33). The van der Waals surface area contributed by atoms with Crippen LogP contribution in [-0.2, 0) is 32.0 Å². The molecule has 0 saturated carbocycles. The zero-order valence-electron chi connectivity index (χ0n) is 18.8. The number of benzene rings is 1. The fraction of sp³-hybridized carbons (Fsp3) is 0.409. The fourth-order valence-electron chi connectivity index (χ4n) is 3.18. The maximum atomic E-state index is 13.1. The first-order valence-corrected chi connectivity index (χ1v) is 12.1. The van der Waals surface area contributed by atoms with Crippen LogP contribution in [0.25, 0.3) is 0 Å². The molecule has 0 fully saturated rings. The van der Waals surface area contributed by atoms with E-state index >= 15 is 0 Å². The molecule has 12 heteroatoms. The van der Waals surface area contributed by atoms with E-state index in [1.807, 2.05) is 36.6 Å². The minimum atomic E-state index is -1.21. The molecule has 1 aromatic carbocycles. The Morgan fingerprint density at radius 3 is 2.29 bits per heavy atom. The Bertz CT molecular complexity index is 941. The van der Waals surface area contributed by atoms with Crippen LogP contribution in [0.5, 0.6) is 0 Å². The number of thioether (sulfide) groups is 1. The van der Waals surface area contributed by atoms with Gasteiger partial charge < -0.3 is 31.8 Å². The minimum absolute atomic E-state index is 0.00740. The predicted octanol–water partition coefficient (Wildman–Crippen LogP) is -0.554. The van der Waals surface area contributed by atoms with Crippen LogP contribution in [0.15, 0.2) is 42.9 Å². The van der Waals surface area contributed by atoms with Gasteiger partial charge in [-0.25, -0.2) is 9.78 Å². The summed E-state index contributed by atoms with van der Waals surface area (Å²) in [5.41, 5.74) is 6.76. The van der Waals surface area contributed by atoms with Gasteiger partial charge in [0.15, 0.2) is 0 Å². The molecule has 2 rings (SSSR count). The van der Waals surface area contributed by atoms with Crippen molar-refractivity contribution in [2.45, 2.75) is 37.4 Å². The number of imidazole rings is 1. The van der Waals surface area contributed by atoms with Gasteiger partial charge in [-0.05, 0) is 24.0 Å². The van der Waals surface area contributed by atoms with Crippen molar-refractivity contribution >= 4 is 35.5 Å². The van der Waals surface area contributed by atoms with Gasteiger partial charge in [0.25, 0.3) is 0 Å². The van der Waals surface area contributed by atoms with Gasteiger partial charge in [-0.3, -0.25) is 14.4 Å². The van der Waals surface area contributed by atoms with Gasteiger partial charge in [0.05, 0.1) is 12.9 Å². The van der Waals surface area contributed by atoms with Gasteiger partial charge in [-0.1, -0.05) is 30.3 Å². The summed E-state index contributed by atoms with van der Waals surface area (Å²) in [6.07, 6.45) is 5.23. The first kappa shape index (κ1) is 26.9. The van der Waals surface area contributed by atoms with E-state index in [-0.39, 0.29) is 25.8 Å². The second-order valence-electron chi connectivity index (χ2n) is 7.54. The normalized spacial score (nSPS) is 13.4. The smallest absolute Gasteiger partial charge is 0.326 e. The molecule has 1 aromatic heterocycles. The number of nitrogens with two attached hydrogens (primary N) is 1. The van der Waals surface area contributed by atoms with Gasteiger partial charge >= 0.3 is 5.97 Å². The average molecular weight is 491 g/mol. The van der Waals surface area contributed by atoms with Gasteiger partial charge in [0.2, 0.25) is 17.7 Å². The molecule has 0 spiro atoms. The number of aliphatic carboxylic acids is 1. The van der Waals surface area contributed by atoms with Gasteiger partial charge in [-0.15, -0.1) is 0 Å². The average Bonchev–Trinajstić information content (AvgIpc) is 3.34. The van der Waals surface area contributed by atoms with E-state index in [2.05, 4.69) is 25.9 Å². The van der Waals surface area contributed by atoms with E-state index in [4.69, 9.17) is 5.73 Å². The Morgan fingerprint density at radius 1 is 1.03 bits per heavy atom. The zero-order valence-corrected chi connectivity index (χ0v) is 19.6. The van der Waals surface area contributed by atoms with Crippen molar-refractivity contribution in [2.24, 2.45) is 5.73 Å². The van der Waals surface area contributed by atoms with E-state index in [1.54, 1.807) is 0 Å². The summed E-state index contributed by atoms with van der Waals surface area (Å²) in [5, 5.41) is 17.3. The second kappa shape index (κ2) is 14.0. The van der Waals surface area contributed by atoms with Crippen molar-refractivity contribution in [1.82, 2.24) is 25.9 Å². The number of hydrogen-bond acceptors (Lipinski definition) is 7. The molecular weight excluding hydrogens is 460 g/mol. The predicted molar refractivity (Wildman–Crippen MR) is 128 cm³/mol. The third-order valence-corrected chi connectivity index (χ3v) is 5.60. The summed E-state index contributed by atoms with van der Waals surface area (Å²) < 4.78 is 0. The summed E-state index contributed by atoms with van der Waals surface area (Å²) in [6.45, 7) is -0.289. The molecule has 0 aliphatic rings. The number of nitrogens with one attached hydrogen (secondary N) is 4. The zero-order chi connectivity index (χ0) is 24.9. The van der Waals surface area contributed by atoms with Crippen LogP contribution >= 0.6 is 11.8 Å². The first-order chi connectivity index (χ1) is 16.3. The molecule has 0 radical (unpaired) electrons. The highest BCUT2D eigenvalue weighted by atomic mass is 32.2. The van der Waals surface area contributed by atoms with Crippen molar-refractivity contribution in [3.05, 3.63) is 54.1 Å². The summed E-state index contributed by atoms with van der Waals surface area (Å²) in [5.74, 6) is -2.36. The van der Waals surface area contributed by atoms with E-state index in [9.17, 15) is 24.3 Å². The lowest BCUT2D eigenvalue weighted by Crippen LogP contribution is -2.57. The summed E-state index contributed by atoms with van der Waals surface area (Å²) in [6, 6.07) is 5.95. The molecule has 3 unspecified atom stereocenters. The molecule has 7 N–H and O–H groups in total. The Hall–Kier alpha value is -3.38. The lowest BCUT2D eigenvalue weighted by Gasteiger charge is -2.24. The van der Waals surface area contributed by atoms with Crippen LogP contribution in [0.2, 0.25) is 0 Å². The lowest BCUT2D eigenvalue weighted by atomic mass is 10.0. The van der Waals surface area contributed by atoms with Gasteiger partial charge in [0, 0.05) is 24.7 Å². The maximum Gasteiger partial charge on any atom is 0.326 e. The Kier molecular flexibility index (Phi) is 11.1. The topological polar surface area (TPSA) is 179 Å². The SMILES string of the molecule is CSCCC(NC(=O)C(Cc1ccccc1)NC(=O)CN)C(=O)NC(Cc1cnc[nH]1)C(=O)O. The van der Waals surface area contributed by atoms with Crippen LogP contribution in [-0.4, -0.2) is 75.4 Å². The van der Waals surface area contributed by atoms with Crippen LogP contribution in [0.1, 0.15) is 17.7 Å². The third-order valence-electron chi connectivity index (χ3n) is 4.96. The van der Waals surface area contributed by atoms with Crippen LogP contribution in [0.3, 0.4) is 0 Å². The molecule has 184 valence electrons. The summed E-state index contributed by atoms with van der Waals surface area (Å²) in [7, 11) is 0. The molecular formula is C22H30N6O5S. The Balaban J connectivity index is 2.13. The van der Waals surface area contributed by atoms with Gasteiger partial charge in [0.1, 0.15) is 18.1 Å². The number of hydrogen-bond donors (Lipinski definition) is 6. The third kappa shape index (κ3) is 8.87. The Labute approximate surface area is 201 Å². The van der Waals surface area contributed by atoms with Gasteiger partial charge in [-0.2, -0.15) is 11.8 Å². The van der Waals surface area contributed by atoms with E-state index in [0.717, 1.165) is 5.56 Å². The highest BCUT2D eigenvalue weighted by Gasteiger charge is 2.29. The number of carboxylic acid groups (broad SMARTS) is 1. The molecule has 0 aliphatic carbocycles. The molecule has 3 atom stereocenters. The molecule has 0 bridgehead atoms. The number of aromatic amines is 1. The molecule has 0 saturated heterocycles. The van der Waals surface area contributed by atoms with Crippen LogP contribution < -0.4 is 21.7 Å². The maximum absolute atomic E-state index is 13.1. The molecule has 2 aromatic rings. The van der Waals surface area contributed by atoms with Crippen molar-refractivity contribution < 1.29 is 24.3 Å². The fourth-order valence-corrected chi connectivity index (χ4v) is 3.65. The highest BCUT2D eigenvalue weighted by molar-refractivity contribution is 7.98. The highest BCUT2D eigenvalue weighted by Crippen LogP contribution is 2.07. The van der Waals surface area contributed by atoms with E-state index in [0.29, 0.717) is 11.4 Å². The number of carboxylic acids is 1. The lowest BCUT2D eigenvalue weighted by molar-refractivity contribution is -0.142. The molecule has 0 aliphatic heterocycles. The number of H-pyrrole nitrogens is 1. The van der Waals surface area contributed by atoms with Crippen molar-refractivity contribution in [2.75, 3.05) is 18.6 Å². The number of carbonyl (C=O) groups excluding carboxylic acids is 3. The first-order valence-electron chi connectivity index (χ1n) is 10.7. The number of carbonyl (C=O) groups is 4. The van der Waals surface area contributed by atoms with Crippen LogP contribution in [0.4, 0.5) is 0 Å². The number of amides is 3. The number of nitrogens with zero attached hydrogens (tertiary/aromatic N) is 1. The monoisotopic (exact) mass is 490 g/mol. The second-order valence-corrected chi connectivity index (χ2v) is 8.52. The molecule has 34 heavy (non-hydrogen) atoms. The largest absolute Gasteiger partial charge is 0.480 e. The summed E-state index contributed by atoms with van der Waals surface area (Å²) in [4.78, 5) is 56.3. The number of rotatable bonds is 14. The quantitative estimate of drug-likeness (QED) is 0.204. The molecule has 3 amide bonds. The Morgan fingerprint density at radius 2 is 1.71 bits per heavy atom. The van der Waals surface area contributed by atoms with Crippen molar-refractivity contribution in [3.8, 4) is 0 Å². The molecule has 1 heterocycles. The van der Waals surface area contributed by atoms with Crippen LogP contribution in [0, 0.1) is 0 Å².